The van der Waals surface area contributed by atoms with E-state index < -0.39 is 0 Å². The normalized spacial score (nSPS) is 12.9. The van der Waals surface area contributed by atoms with E-state index in [4.69, 9.17) is 16.3 Å². The molecule has 0 saturated heterocycles. The van der Waals surface area contributed by atoms with Gasteiger partial charge in [-0.25, -0.2) is 0 Å². The van der Waals surface area contributed by atoms with Crippen LogP contribution < -0.4 is 10.1 Å². The molecule has 3 heteroatoms. The molecule has 19 heavy (non-hydrogen) atoms. The Bertz CT molecular complexity index is 610. The van der Waals surface area contributed by atoms with Gasteiger partial charge in [-0.1, -0.05) is 29.8 Å². The number of hydrogen-bond acceptors (Lipinski definition) is 2. The third kappa shape index (κ3) is 2.69. The number of benzene rings is 2. The molecule has 0 aromatic heterocycles. The van der Waals surface area contributed by atoms with Gasteiger partial charge in [0.05, 0.1) is 17.3 Å². The SMILES string of the molecule is Cc1ccc(NCc2ccc3c(c2)CCO3)c(Cl)c1. The summed E-state index contributed by atoms with van der Waals surface area (Å²) < 4.78 is 5.51. The van der Waals surface area contributed by atoms with Crippen molar-refractivity contribution in [1.82, 2.24) is 0 Å². The quantitative estimate of drug-likeness (QED) is 0.905. The van der Waals surface area contributed by atoms with Gasteiger partial charge in [0.1, 0.15) is 5.75 Å². The molecule has 2 aromatic carbocycles. The lowest BCUT2D eigenvalue weighted by Crippen LogP contribution is -2.00. The minimum Gasteiger partial charge on any atom is -0.493 e. The lowest BCUT2D eigenvalue weighted by Gasteiger charge is -2.10. The topological polar surface area (TPSA) is 21.3 Å². The van der Waals surface area contributed by atoms with Crippen LogP contribution >= 0.6 is 11.6 Å². The number of hydrogen-bond donors (Lipinski definition) is 1. The van der Waals surface area contributed by atoms with Gasteiger partial charge in [-0.3, -0.25) is 0 Å². The Morgan fingerprint density at radius 3 is 2.95 bits per heavy atom. The van der Waals surface area contributed by atoms with Crippen molar-refractivity contribution in [3.8, 4) is 5.75 Å². The second-order valence-electron chi connectivity index (χ2n) is 4.88. The van der Waals surface area contributed by atoms with Crippen LogP contribution in [0.3, 0.4) is 0 Å². The summed E-state index contributed by atoms with van der Waals surface area (Å²) in [7, 11) is 0. The summed E-state index contributed by atoms with van der Waals surface area (Å²) >= 11 is 6.21. The van der Waals surface area contributed by atoms with Gasteiger partial charge in [0, 0.05) is 13.0 Å². The molecule has 1 aliphatic heterocycles. The fourth-order valence-corrected chi connectivity index (χ4v) is 2.61. The minimum absolute atomic E-state index is 0.768. The van der Waals surface area contributed by atoms with E-state index in [1.54, 1.807) is 0 Å². The van der Waals surface area contributed by atoms with Gasteiger partial charge in [-0.15, -0.1) is 0 Å². The molecule has 0 radical (unpaired) electrons. The van der Waals surface area contributed by atoms with Crippen molar-refractivity contribution >= 4 is 17.3 Å². The largest absolute Gasteiger partial charge is 0.493 e. The summed E-state index contributed by atoms with van der Waals surface area (Å²) in [4.78, 5) is 0. The highest BCUT2D eigenvalue weighted by atomic mass is 35.5. The van der Waals surface area contributed by atoms with E-state index in [-0.39, 0.29) is 0 Å². The van der Waals surface area contributed by atoms with E-state index >= 15 is 0 Å². The van der Waals surface area contributed by atoms with Gasteiger partial charge >= 0.3 is 0 Å². The van der Waals surface area contributed by atoms with Crippen LogP contribution in [0.15, 0.2) is 36.4 Å². The molecule has 1 N–H and O–H groups in total. The summed E-state index contributed by atoms with van der Waals surface area (Å²) in [5.74, 6) is 1.03. The van der Waals surface area contributed by atoms with E-state index in [1.807, 2.05) is 19.1 Å². The molecule has 2 aromatic rings. The Morgan fingerprint density at radius 1 is 1.21 bits per heavy atom. The van der Waals surface area contributed by atoms with Crippen molar-refractivity contribution in [3.05, 3.63) is 58.1 Å². The average Bonchev–Trinajstić information content (AvgIpc) is 2.85. The first-order chi connectivity index (χ1) is 9.22. The van der Waals surface area contributed by atoms with Crippen LogP contribution in [0.25, 0.3) is 0 Å². The maximum Gasteiger partial charge on any atom is 0.122 e. The van der Waals surface area contributed by atoms with Crippen molar-refractivity contribution in [1.29, 1.82) is 0 Å². The molecule has 0 bridgehead atoms. The third-order valence-electron chi connectivity index (χ3n) is 3.36. The van der Waals surface area contributed by atoms with Crippen molar-refractivity contribution in [3.63, 3.8) is 0 Å². The van der Waals surface area contributed by atoms with E-state index in [0.717, 1.165) is 36.0 Å². The molecule has 3 rings (SSSR count). The molecule has 0 aliphatic carbocycles. The van der Waals surface area contributed by atoms with Crippen LogP contribution in [0.1, 0.15) is 16.7 Å². The summed E-state index contributed by atoms with van der Waals surface area (Å²) in [6.45, 7) is 3.61. The zero-order valence-corrected chi connectivity index (χ0v) is 11.6. The molecule has 98 valence electrons. The molecule has 2 nitrogen and oxygen atoms in total. The highest BCUT2D eigenvalue weighted by molar-refractivity contribution is 6.33. The second-order valence-corrected chi connectivity index (χ2v) is 5.28. The van der Waals surface area contributed by atoms with Gasteiger partial charge in [-0.2, -0.15) is 0 Å². The van der Waals surface area contributed by atoms with Crippen LogP contribution in [0.2, 0.25) is 5.02 Å². The van der Waals surface area contributed by atoms with Crippen LogP contribution in [0.5, 0.6) is 5.75 Å². The molecule has 0 amide bonds. The van der Waals surface area contributed by atoms with Gasteiger partial charge in [0.25, 0.3) is 0 Å². The maximum atomic E-state index is 6.21. The molecule has 0 atom stereocenters. The van der Waals surface area contributed by atoms with Crippen molar-refractivity contribution in [2.24, 2.45) is 0 Å². The third-order valence-corrected chi connectivity index (χ3v) is 3.67. The molecule has 1 heterocycles. The van der Waals surface area contributed by atoms with E-state index in [0.29, 0.717) is 0 Å². The second kappa shape index (κ2) is 5.14. The Morgan fingerprint density at radius 2 is 2.11 bits per heavy atom. The van der Waals surface area contributed by atoms with Gasteiger partial charge in [0.15, 0.2) is 0 Å². The molecule has 0 spiro atoms. The average molecular weight is 274 g/mol. The monoisotopic (exact) mass is 273 g/mol. The first-order valence-corrected chi connectivity index (χ1v) is 6.85. The summed E-state index contributed by atoms with van der Waals surface area (Å²) in [5, 5.41) is 4.14. The minimum atomic E-state index is 0.768. The lowest BCUT2D eigenvalue weighted by atomic mass is 10.1. The first-order valence-electron chi connectivity index (χ1n) is 6.47. The van der Waals surface area contributed by atoms with Crippen LogP contribution in [0, 0.1) is 6.92 Å². The van der Waals surface area contributed by atoms with Gasteiger partial charge in [-0.05, 0) is 41.8 Å². The number of rotatable bonds is 3. The Hall–Kier alpha value is -1.67. The molecule has 0 saturated carbocycles. The summed E-state index contributed by atoms with van der Waals surface area (Å²) in [6.07, 6.45) is 1.01. The fraction of sp³-hybridized carbons (Fsp3) is 0.250. The molecular weight excluding hydrogens is 258 g/mol. The van der Waals surface area contributed by atoms with Gasteiger partial charge in [0.2, 0.25) is 0 Å². The first kappa shape index (κ1) is 12.4. The fourth-order valence-electron chi connectivity index (χ4n) is 2.31. The highest BCUT2D eigenvalue weighted by Crippen LogP contribution is 2.27. The van der Waals surface area contributed by atoms with Crippen molar-refractivity contribution in [2.75, 3.05) is 11.9 Å². The van der Waals surface area contributed by atoms with Crippen LogP contribution in [-0.2, 0) is 13.0 Å². The zero-order valence-electron chi connectivity index (χ0n) is 10.9. The van der Waals surface area contributed by atoms with Crippen LogP contribution in [0.4, 0.5) is 5.69 Å². The van der Waals surface area contributed by atoms with E-state index in [2.05, 4.69) is 29.6 Å². The maximum absolute atomic E-state index is 6.21. The van der Waals surface area contributed by atoms with E-state index in [1.165, 1.54) is 16.7 Å². The van der Waals surface area contributed by atoms with Crippen LogP contribution in [-0.4, -0.2) is 6.61 Å². The molecule has 0 fully saturated rings. The Balaban J connectivity index is 1.72. The highest BCUT2D eigenvalue weighted by Gasteiger charge is 2.11. The smallest absolute Gasteiger partial charge is 0.122 e. The zero-order chi connectivity index (χ0) is 13.2. The standard InChI is InChI=1S/C16H16ClNO/c1-11-2-4-15(14(17)8-11)18-10-12-3-5-16-13(9-12)6-7-19-16/h2-5,8-9,18H,6-7,10H2,1H3. The number of aryl methyl sites for hydroxylation is 1. The number of nitrogens with one attached hydrogen (secondary N) is 1. The predicted molar refractivity (Wildman–Crippen MR) is 79.2 cm³/mol. The number of anilines is 1. The Kier molecular flexibility index (Phi) is 3.34. The predicted octanol–water partition coefficient (Wildman–Crippen LogP) is 4.20. The van der Waals surface area contributed by atoms with Crippen molar-refractivity contribution < 1.29 is 4.74 Å². The summed E-state index contributed by atoms with van der Waals surface area (Å²) in [5.41, 5.74) is 4.70. The summed E-state index contributed by atoms with van der Waals surface area (Å²) in [6, 6.07) is 12.4. The van der Waals surface area contributed by atoms with E-state index in [9.17, 15) is 0 Å². The Labute approximate surface area is 118 Å². The molecule has 0 unspecified atom stereocenters. The lowest BCUT2D eigenvalue weighted by molar-refractivity contribution is 0.357. The van der Waals surface area contributed by atoms with Crippen molar-refractivity contribution in [2.45, 2.75) is 19.9 Å². The number of halogens is 1. The molecule has 1 aliphatic rings. The van der Waals surface area contributed by atoms with Gasteiger partial charge < -0.3 is 10.1 Å². The number of ether oxygens (including phenoxy) is 1. The molecular formula is C16H16ClNO. The number of fused-ring (bicyclic) bond motifs is 1.